The van der Waals surface area contributed by atoms with Gasteiger partial charge in [0.2, 0.25) is 0 Å². The van der Waals surface area contributed by atoms with Crippen LogP contribution < -0.4 is 5.32 Å². The first-order chi connectivity index (χ1) is 11.7. The normalized spacial score (nSPS) is 25.3. The topological polar surface area (TPSA) is 41.5 Å². The van der Waals surface area contributed by atoms with Gasteiger partial charge in [0.1, 0.15) is 0 Å². The SMILES string of the molecule is CC(NC1CCCCC1(O)OCc1ccccc1)c1ccccc1. The molecule has 0 bridgehead atoms. The van der Waals surface area contributed by atoms with Crippen LogP contribution in [-0.4, -0.2) is 16.9 Å². The van der Waals surface area contributed by atoms with Crippen molar-refractivity contribution in [2.45, 2.75) is 57.1 Å². The van der Waals surface area contributed by atoms with Crippen LogP contribution >= 0.6 is 0 Å². The summed E-state index contributed by atoms with van der Waals surface area (Å²) in [4.78, 5) is 0. The fourth-order valence-electron chi connectivity index (χ4n) is 3.44. The van der Waals surface area contributed by atoms with Crippen molar-refractivity contribution in [2.75, 3.05) is 0 Å². The van der Waals surface area contributed by atoms with Crippen molar-refractivity contribution in [2.24, 2.45) is 0 Å². The Kier molecular flexibility index (Phi) is 5.67. The van der Waals surface area contributed by atoms with Crippen molar-refractivity contribution >= 4 is 0 Å². The molecule has 128 valence electrons. The Bertz CT molecular complexity index is 616. The van der Waals surface area contributed by atoms with Crippen LogP contribution in [0.25, 0.3) is 0 Å². The summed E-state index contributed by atoms with van der Waals surface area (Å²) >= 11 is 0. The van der Waals surface area contributed by atoms with Crippen LogP contribution in [0.5, 0.6) is 0 Å². The Morgan fingerprint density at radius 3 is 2.46 bits per heavy atom. The minimum Gasteiger partial charge on any atom is -0.364 e. The molecule has 2 aromatic carbocycles. The third-order valence-corrected chi connectivity index (χ3v) is 4.90. The molecule has 1 aliphatic rings. The van der Waals surface area contributed by atoms with Crippen LogP contribution in [0.3, 0.4) is 0 Å². The third kappa shape index (κ3) is 4.23. The van der Waals surface area contributed by atoms with Crippen LogP contribution in [-0.2, 0) is 11.3 Å². The lowest BCUT2D eigenvalue weighted by Crippen LogP contribution is -2.55. The van der Waals surface area contributed by atoms with Gasteiger partial charge in [-0.15, -0.1) is 0 Å². The van der Waals surface area contributed by atoms with Crippen molar-refractivity contribution in [1.29, 1.82) is 0 Å². The van der Waals surface area contributed by atoms with Gasteiger partial charge in [0, 0.05) is 12.5 Å². The molecular formula is C21H27NO2. The minimum absolute atomic E-state index is 0.0508. The fourth-order valence-corrected chi connectivity index (χ4v) is 3.44. The number of hydrogen-bond donors (Lipinski definition) is 2. The van der Waals surface area contributed by atoms with E-state index in [0.717, 1.165) is 24.8 Å². The number of rotatable bonds is 6. The Morgan fingerprint density at radius 2 is 1.75 bits per heavy atom. The van der Waals surface area contributed by atoms with E-state index < -0.39 is 5.79 Å². The summed E-state index contributed by atoms with van der Waals surface area (Å²) in [5.41, 5.74) is 2.32. The molecule has 0 saturated heterocycles. The van der Waals surface area contributed by atoms with Gasteiger partial charge < -0.3 is 15.2 Å². The van der Waals surface area contributed by atoms with Gasteiger partial charge in [-0.2, -0.15) is 0 Å². The number of benzene rings is 2. The molecule has 1 aliphatic carbocycles. The summed E-state index contributed by atoms with van der Waals surface area (Å²) in [6.07, 6.45) is 3.74. The monoisotopic (exact) mass is 325 g/mol. The maximum atomic E-state index is 11.1. The van der Waals surface area contributed by atoms with Crippen molar-refractivity contribution in [1.82, 2.24) is 5.32 Å². The smallest absolute Gasteiger partial charge is 0.181 e. The second kappa shape index (κ2) is 7.93. The zero-order valence-corrected chi connectivity index (χ0v) is 14.3. The van der Waals surface area contributed by atoms with E-state index in [1.54, 1.807) is 0 Å². The molecule has 3 heteroatoms. The Hall–Kier alpha value is -1.68. The molecule has 3 rings (SSSR count). The molecule has 2 N–H and O–H groups in total. The third-order valence-electron chi connectivity index (χ3n) is 4.90. The van der Waals surface area contributed by atoms with Gasteiger partial charge in [0.25, 0.3) is 0 Å². The maximum absolute atomic E-state index is 11.1. The molecule has 0 spiro atoms. The summed E-state index contributed by atoms with van der Waals surface area (Å²) in [5, 5.41) is 14.7. The van der Waals surface area contributed by atoms with Crippen molar-refractivity contribution in [3.05, 3.63) is 71.8 Å². The van der Waals surface area contributed by atoms with Gasteiger partial charge in [-0.25, -0.2) is 0 Å². The van der Waals surface area contributed by atoms with Gasteiger partial charge in [0.05, 0.1) is 12.6 Å². The summed E-state index contributed by atoms with van der Waals surface area (Å²) < 4.78 is 6.00. The molecule has 0 heterocycles. The highest BCUT2D eigenvalue weighted by molar-refractivity contribution is 5.18. The molecule has 3 atom stereocenters. The molecule has 1 fully saturated rings. The maximum Gasteiger partial charge on any atom is 0.181 e. The molecule has 3 nitrogen and oxygen atoms in total. The molecule has 24 heavy (non-hydrogen) atoms. The molecule has 0 aliphatic heterocycles. The van der Waals surface area contributed by atoms with E-state index in [9.17, 15) is 5.11 Å². The summed E-state index contributed by atoms with van der Waals surface area (Å²) in [7, 11) is 0. The van der Waals surface area contributed by atoms with Crippen LogP contribution in [0.4, 0.5) is 0 Å². The summed E-state index contributed by atoms with van der Waals surface area (Å²) in [5.74, 6) is -1.10. The Labute approximate surface area is 144 Å². The molecular weight excluding hydrogens is 298 g/mol. The zero-order valence-electron chi connectivity index (χ0n) is 14.3. The van der Waals surface area contributed by atoms with E-state index in [4.69, 9.17) is 4.74 Å². The highest BCUT2D eigenvalue weighted by Gasteiger charge is 2.40. The first-order valence-corrected chi connectivity index (χ1v) is 8.89. The van der Waals surface area contributed by atoms with Gasteiger partial charge in [-0.05, 0) is 30.9 Å². The van der Waals surface area contributed by atoms with Crippen molar-refractivity contribution in [3.8, 4) is 0 Å². The first kappa shape index (κ1) is 17.2. The van der Waals surface area contributed by atoms with Crippen LogP contribution in [0.15, 0.2) is 60.7 Å². The summed E-state index contributed by atoms with van der Waals surface area (Å²) in [6, 6.07) is 20.5. The number of aliphatic hydroxyl groups is 1. The number of nitrogens with one attached hydrogen (secondary N) is 1. The van der Waals surface area contributed by atoms with E-state index in [1.807, 2.05) is 48.5 Å². The lowest BCUT2D eigenvalue weighted by molar-refractivity contribution is -0.243. The first-order valence-electron chi connectivity index (χ1n) is 8.89. The number of ether oxygens (including phenoxy) is 1. The lowest BCUT2D eigenvalue weighted by Gasteiger charge is -2.41. The highest BCUT2D eigenvalue weighted by atomic mass is 16.6. The summed E-state index contributed by atoms with van der Waals surface area (Å²) in [6.45, 7) is 2.58. The average Bonchev–Trinajstić information content (AvgIpc) is 2.64. The Balaban J connectivity index is 1.65. The van der Waals surface area contributed by atoms with E-state index >= 15 is 0 Å². The van der Waals surface area contributed by atoms with E-state index in [1.165, 1.54) is 5.56 Å². The molecule has 0 amide bonds. The molecule has 1 saturated carbocycles. The second-order valence-electron chi connectivity index (χ2n) is 6.72. The predicted molar refractivity (Wildman–Crippen MR) is 96.4 cm³/mol. The molecule has 0 aromatic heterocycles. The Morgan fingerprint density at radius 1 is 1.08 bits per heavy atom. The van der Waals surface area contributed by atoms with Gasteiger partial charge in [-0.1, -0.05) is 67.1 Å². The number of hydrogen-bond acceptors (Lipinski definition) is 3. The van der Waals surface area contributed by atoms with Crippen LogP contribution in [0.2, 0.25) is 0 Å². The predicted octanol–water partition coefficient (Wildman–Crippen LogP) is 4.19. The van der Waals surface area contributed by atoms with Crippen LogP contribution in [0, 0.1) is 0 Å². The van der Waals surface area contributed by atoms with Gasteiger partial charge in [0.15, 0.2) is 5.79 Å². The highest BCUT2D eigenvalue weighted by Crippen LogP contribution is 2.32. The molecule has 3 unspecified atom stereocenters. The average molecular weight is 325 g/mol. The van der Waals surface area contributed by atoms with E-state index in [2.05, 4.69) is 24.4 Å². The lowest BCUT2D eigenvalue weighted by atomic mass is 9.88. The van der Waals surface area contributed by atoms with Gasteiger partial charge >= 0.3 is 0 Å². The van der Waals surface area contributed by atoms with Crippen LogP contribution in [0.1, 0.15) is 49.8 Å². The quantitative estimate of drug-likeness (QED) is 0.783. The van der Waals surface area contributed by atoms with Crippen molar-refractivity contribution < 1.29 is 9.84 Å². The molecule has 0 radical (unpaired) electrons. The van der Waals surface area contributed by atoms with Gasteiger partial charge in [-0.3, -0.25) is 0 Å². The zero-order chi connectivity index (χ0) is 16.8. The minimum atomic E-state index is -1.10. The van der Waals surface area contributed by atoms with E-state index in [-0.39, 0.29) is 12.1 Å². The fraction of sp³-hybridized carbons (Fsp3) is 0.429. The van der Waals surface area contributed by atoms with E-state index in [0.29, 0.717) is 13.0 Å². The molecule has 2 aromatic rings. The van der Waals surface area contributed by atoms with Crippen molar-refractivity contribution in [3.63, 3.8) is 0 Å². The second-order valence-corrected chi connectivity index (χ2v) is 6.72. The largest absolute Gasteiger partial charge is 0.364 e. The standard InChI is InChI=1S/C21H27NO2/c1-17(19-12-6-3-7-13-19)22-20-14-8-9-15-21(20,23)24-16-18-10-4-2-5-11-18/h2-7,10-13,17,20,22-23H,8-9,14-16H2,1H3.